The summed E-state index contributed by atoms with van der Waals surface area (Å²) >= 11 is 0. The highest BCUT2D eigenvalue weighted by Gasteiger charge is 2.20. The molecule has 1 amide bonds. The van der Waals surface area contributed by atoms with Crippen LogP contribution >= 0.6 is 0 Å². The Kier molecular flexibility index (Phi) is 4.50. The molecule has 1 saturated heterocycles. The number of halogens is 1. The first-order valence-electron chi connectivity index (χ1n) is 5.98. The second kappa shape index (κ2) is 6.32. The first-order chi connectivity index (χ1) is 9.20. The minimum absolute atomic E-state index is 0.0468. The Morgan fingerprint density at radius 1 is 1.58 bits per heavy atom. The minimum atomic E-state index is -0.498. The van der Waals surface area contributed by atoms with E-state index >= 15 is 0 Å². The van der Waals surface area contributed by atoms with Crippen LogP contribution < -0.4 is 5.32 Å². The fraction of sp³-hybridized carbons (Fsp3) is 0.357. The summed E-state index contributed by atoms with van der Waals surface area (Å²) in [6.07, 6.45) is 0.749. The van der Waals surface area contributed by atoms with Crippen molar-refractivity contribution in [2.75, 3.05) is 19.8 Å². The Labute approximate surface area is 110 Å². The maximum Gasteiger partial charge on any atom is 0.252 e. The van der Waals surface area contributed by atoms with E-state index < -0.39 is 5.82 Å². The van der Waals surface area contributed by atoms with Crippen LogP contribution in [-0.2, 0) is 4.74 Å². The molecule has 19 heavy (non-hydrogen) atoms. The number of aliphatic hydroxyl groups excluding tert-OH is 1. The van der Waals surface area contributed by atoms with Crippen LogP contribution in [0.2, 0.25) is 0 Å². The fourth-order valence-corrected chi connectivity index (χ4v) is 1.86. The van der Waals surface area contributed by atoms with Gasteiger partial charge in [-0.3, -0.25) is 4.79 Å². The van der Waals surface area contributed by atoms with E-state index in [2.05, 4.69) is 17.2 Å². The molecular formula is C14H14FNO3. The van der Waals surface area contributed by atoms with Gasteiger partial charge in [0.25, 0.3) is 5.91 Å². The summed E-state index contributed by atoms with van der Waals surface area (Å²) < 4.78 is 18.4. The van der Waals surface area contributed by atoms with Crippen LogP contribution in [0.5, 0.6) is 0 Å². The van der Waals surface area contributed by atoms with Crippen LogP contribution in [0.15, 0.2) is 18.2 Å². The second-order valence-corrected chi connectivity index (χ2v) is 4.18. The Hall–Kier alpha value is -1.90. The van der Waals surface area contributed by atoms with Gasteiger partial charge in [0, 0.05) is 12.2 Å². The lowest BCUT2D eigenvalue weighted by molar-refractivity contribution is 0.0929. The SMILES string of the molecule is O=C(NC1CCOC1)c1cc(F)ccc1C#CCO. The van der Waals surface area contributed by atoms with Gasteiger partial charge < -0.3 is 15.2 Å². The summed E-state index contributed by atoms with van der Waals surface area (Å²) in [6, 6.07) is 3.76. The first-order valence-corrected chi connectivity index (χ1v) is 5.98. The Balaban J connectivity index is 2.20. The standard InChI is InChI=1S/C14H14FNO3/c15-11-4-3-10(2-1-6-17)13(8-11)14(18)16-12-5-7-19-9-12/h3-4,8,12,17H,5-7,9H2,(H,16,18). The molecule has 1 aromatic carbocycles. The van der Waals surface area contributed by atoms with Gasteiger partial charge in [0.15, 0.2) is 0 Å². The molecule has 0 bridgehead atoms. The predicted molar refractivity (Wildman–Crippen MR) is 67.1 cm³/mol. The van der Waals surface area contributed by atoms with Gasteiger partial charge in [-0.1, -0.05) is 11.8 Å². The van der Waals surface area contributed by atoms with E-state index in [1.165, 1.54) is 12.1 Å². The molecule has 1 aliphatic rings. The number of nitrogens with one attached hydrogen (secondary N) is 1. The number of hydrogen-bond acceptors (Lipinski definition) is 3. The summed E-state index contributed by atoms with van der Waals surface area (Å²) in [5.41, 5.74) is 0.569. The molecule has 1 fully saturated rings. The van der Waals surface area contributed by atoms with Crippen LogP contribution in [0, 0.1) is 17.7 Å². The summed E-state index contributed by atoms with van der Waals surface area (Å²) in [4.78, 5) is 12.1. The minimum Gasteiger partial charge on any atom is -0.384 e. The highest BCUT2D eigenvalue weighted by Crippen LogP contribution is 2.12. The zero-order chi connectivity index (χ0) is 13.7. The number of rotatable bonds is 2. The maximum absolute atomic E-state index is 13.2. The lowest BCUT2D eigenvalue weighted by Gasteiger charge is -2.11. The largest absolute Gasteiger partial charge is 0.384 e. The van der Waals surface area contributed by atoms with Crippen molar-refractivity contribution >= 4 is 5.91 Å². The lowest BCUT2D eigenvalue weighted by atomic mass is 10.1. The molecule has 100 valence electrons. The predicted octanol–water partition coefficient (Wildman–Crippen LogP) is 0.688. The number of aliphatic hydroxyl groups is 1. The molecule has 0 radical (unpaired) electrons. The normalized spacial score (nSPS) is 17.7. The average Bonchev–Trinajstić information content (AvgIpc) is 2.90. The van der Waals surface area contributed by atoms with E-state index in [0.717, 1.165) is 12.5 Å². The Morgan fingerprint density at radius 3 is 3.11 bits per heavy atom. The zero-order valence-corrected chi connectivity index (χ0v) is 10.3. The number of hydrogen-bond donors (Lipinski definition) is 2. The third-order valence-electron chi connectivity index (χ3n) is 2.79. The lowest BCUT2D eigenvalue weighted by Crippen LogP contribution is -2.35. The van der Waals surface area contributed by atoms with Crippen molar-refractivity contribution < 1.29 is 19.0 Å². The van der Waals surface area contributed by atoms with Crippen molar-refractivity contribution in [3.05, 3.63) is 35.1 Å². The van der Waals surface area contributed by atoms with E-state index in [-0.39, 0.29) is 24.1 Å². The van der Waals surface area contributed by atoms with Crippen LogP contribution in [0.25, 0.3) is 0 Å². The highest BCUT2D eigenvalue weighted by atomic mass is 19.1. The number of carbonyl (C=O) groups excluding carboxylic acids is 1. The van der Waals surface area contributed by atoms with E-state index in [1.54, 1.807) is 0 Å². The zero-order valence-electron chi connectivity index (χ0n) is 10.3. The second-order valence-electron chi connectivity index (χ2n) is 4.18. The van der Waals surface area contributed by atoms with Crippen molar-refractivity contribution in [1.29, 1.82) is 0 Å². The van der Waals surface area contributed by atoms with Gasteiger partial charge in [-0.15, -0.1) is 0 Å². The molecule has 1 atom stereocenters. The molecular weight excluding hydrogens is 249 g/mol. The van der Waals surface area contributed by atoms with Gasteiger partial charge in [0.2, 0.25) is 0 Å². The van der Waals surface area contributed by atoms with Crippen LogP contribution in [0.3, 0.4) is 0 Å². The van der Waals surface area contributed by atoms with E-state index in [0.29, 0.717) is 18.8 Å². The fourth-order valence-electron chi connectivity index (χ4n) is 1.86. The molecule has 0 aliphatic carbocycles. The smallest absolute Gasteiger partial charge is 0.252 e. The molecule has 1 aromatic rings. The molecule has 2 rings (SSSR count). The van der Waals surface area contributed by atoms with Crippen LogP contribution in [0.4, 0.5) is 4.39 Å². The molecule has 5 heteroatoms. The van der Waals surface area contributed by atoms with Gasteiger partial charge in [0.1, 0.15) is 12.4 Å². The van der Waals surface area contributed by atoms with Gasteiger partial charge in [-0.2, -0.15) is 0 Å². The molecule has 1 aliphatic heterocycles. The molecule has 2 N–H and O–H groups in total. The number of amides is 1. The molecule has 1 heterocycles. The first kappa shape index (κ1) is 13.5. The average molecular weight is 263 g/mol. The molecule has 1 unspecified atom stereocenters. The van der Waals surface area contributed by atoms with Gasteiger partial charge >= 0.3 is 0 Å². The van der Waals surface area contributed by atoms with Crippen molar-refractivity contribution in [2.24, 2.45) is 0 Å². The topological polar surface area (TPSA) is 58.6 Å². The Morgan fingerprint density at radius 2 is 2.42 bits per heavy atom. The number of carbonyl (C=O) groups is 1. The van der Waals surface area contributed by atoms with E-state index in [1.807, 2.05) is 0 Å². The number of ether oxygens (including phenoxy) is 1. The molecule has 0 saturated carbocycles. The summed E-state index contributed by atoms with van der Waals surface area (Å²) in [7, 11) is 0. The molecule has 4 nitrogen and oxygen atoms in total. The van der Waals surface area contributed by atoms with Crippen molar-refractivity contribution in [2.45, 2.75) is 12.5 Å². The van der Waals surface area contributed by atoms with E-state index in [9.17, 15) is 9.18 Å². The van der Waals surface area contributed by atoms with Crippen LogP contribution in [0.1, 0.15) is 22.3 Å². The van der Waals surface area contributed by atoms with Crippen molar-refractivity contribution in [3.63, 3.8) is 0 Å². The summed E-state index contributed by atoms with van der Waals surface area (Å²) in [6.45, 7) is 0.777. The highest BCUT2D eigenvalue weighted by molar-refractivity contribution is 5.97. The molecule has 0 spiro atoms. The summed E-state index contributed by atoms with van der Waals surface area (Å²) in [5, 5.41) is 11.5. The Bertz CT molecular complexity index is 527. The van der Waals surface area contributed by atoms with Crippen LogP contribution in [-0.4, -0.2) is 36.9 Å². The quantitative estimate of drug-likeness (QED) is 0.772. The van der Waals surface area contributed by atoms with E-state index in [4.69, 9.17) is 9.84 Å². The van der Waals surface area contributed by atoms with Crippen molar-refractivity contribution in [1.82, 2.24) is 5.32 Å². The monoisotopic (exact) mass is 263 g/mol. The third-order valence-corrected chi connectivity index (χ3v) is 2.79. The third kappa shape index (κ3) is 3.53. The molecule has 0 aromatic heterocycles. The van der Waals surface area contributed by atoms with Gasteiger partial charge in [0.05, 0.1) is 18.2 Å². The number of benzene rings is 1. The summed E-state index contributed by atoms with van der Waals surface area (Å²) in [5.74, 6) is 4.21. The van der Waals surface area contributed by atoms with Gasteiger partial charge in [-0.25, -0.2) is 4.39 Å². The van der Waals surface area contributed by atoms with Gasteiger partial charge in [-0.05, 0) is 24.6 Å². The van der Waals surface area contributed by atoms with Crippen molar-refractivity contribution in [3.8, 4) is 11.8 Å². The maximum atomic E-state index is 13.2.